The van der Waals surface area contributed by atoms with Gasteiger partial charge in [-0.1, -0.05) is 91.0 Å². The minimum Gasteiger partial charge on any atom is -0.496 e. The summed E-state index contributed by atoms with van der Waals surface area (Å²) in [5.41, 5.74) is 4.15. The SMILES string of the molecule is COc1cc(OCc2ccc(-c3ccc([P+](c4ccccc4)(c4ccccc4)c4ccccc4)cc3)cc2)ccc1CO.[O-][Cl+3]([O-])([O-])[O-]. The van der Waals surface area contributed by atoms with E-state index in [1.165, 1.54) is 26.8 Å². The van der Waals surface area contributed by atoms with Gasteiger partial charge in [-0.3, -0.25) is 0 Å². The van der Waals surface area contributed by atoms with E-state index in [9.17, 15) is 5.11 Å². The first-order valence-electron chi connectivity index (χ1n) is 15.0. The van der Waals surface area contributed by atoms with Crippen LogP contribution in [0.4, 0.5) is 0 Å². The van der Waals surface area contributed by atoms with Gasteiger partial charge in [-0.2, -0.15) is 0 Å². The Labute approximate surface area is 283 Å². The van der Waals surface area contributed by atoms with Crippen molar-refractivity contribution in [1.82, 2.24) is 0 Å². The van der Waals surface area contributed by atoms with Gasteiger partial charge in [0.1, 0.15) is 46.6 Å². The van der Waals surface area contributed by atoms with Crippen LogP contribution >= 0.6 is 7.26 Å². The second-order valence-electron chi connectivity index (χ2n) is 10.7. The normalized spacial score (nSPS) is 11.3. The average Bonchev–Trinajstić information content (AvgIpc) is 3.12. The molecule has 0 aliphatic heterocycles. The third kappa shape index (κ3) is 8.47. The summed E-state index contributed by atoms with van der Waals surface area (Å²) in [6.45, 7) is 0.373. The molecule has 0 aliphatic carbocycles. The predicted octanol–water partition coefficient (Wildman–Crippen LogP) is 2.30. The summed E-state index contributed by atoms with van der Waals surface area (Å²) in [6, 6.07) is 56.0. The molecule has 6 aromatic rings. The quantitative estimate of drug-likeness (QED) is 0.220. The average molecular weight is 681 g/mol. The van der Waals surface area contributed by atoms with Crippen LogP contribution in [0.15, 0.2) is 158 Å². The van der Waals surface area contributed by atoms with E-state index < -0.39 is 17.5 Å². The molecule has 0 unspecified atom stereocenters. The van der Waals surface area contributed by atoms with Crippen LogP contribution in [0.5, 0.6) is 11.5 Å². The Morgan fingerprint density at radius 2 is 0.979 bits per heavy atom. The van der Waals surface area contributed by atoms with Crippen LogP contribution in [0, 0.1) is 10.2 Å². The summed E-state index contributed by atoms with van der Waals surface area (Å²) in [5, 5.41) is 14.8. The van der Waals surface area contributed by atoms with E-state index in [0.717, 1.165) is 16.7 Å². The summed E-state index contributed by atoms with van der Waals surface area (Å²) in [6.07, 6.45) is 0. The molecule has 0 saturated carbocycles. The van der Waals surface area contributed by atoms with Gasteiger partial charge in [0.15, 0.2) is 0 Å². The van der Waals surface area contributed by atoms with Crippen LogP contribution in [0.25, 0.3) is 11.1 Å². The standard InChI is InChI=1S/C39H34O3P.ClHO4/c1-41-39-27-34(24-21-33(39)28-40)42-29-30-17-19-31(20-18-30)32-22-25-38(26-23-32)43(35-11-5-2-6-12-35,36-13-7-3-8-14-36)37-15-9-4-10-16-37;2-1(3,4)5/h2-27,40H,28-29H2,1H3;(H,2,3,4,5)/q+1;/p-1. The van der Waals surface area contributed by atoms with E-state index in [1.54, 1.807) is 7.11 Å². The number of hydrogen-bond acceptors (Lipinski definition) is 7. The van der Waals surface area contributed by atoms with E-state index >= 15 is 0 Å². The maximum atomic E-state index is 9.46. The van der Waals surface area contributed by atoms with E-state index in [1.807, 2.05) is 18.2 Å². The molecule has 0 atom stereocenters. The van der Waals surface area contributed by atoms with Gasteiger partial charge in [0.05, 0.1) is 13.7 Å². The first-order chi connectivity index (χ1) is 23.2. The van der Waals surface area contributed by atoms with Crippen molar-refractivity contribution in [3.05, 3.63) is 169 Å². The van der Waals surface area contributed by atoms with Crippen molar-refractivity contribution < 1.29 is 43.5 Å². The van der Waals surface area contributed by atoms with Crippen molar-refractivity contribution in [1.29, 1.82) is 0 Å². The van der Waals surface area contributed by atoms with Crippen LogP contribution in [0.3, 0.4) is 0 Å². The number of hydrogen-bond donors (Lipinski definition) is 1. The monoisotopic (exact) mass is 680 g/mol. The Morgan fingerprint density at radius 3 is 1.40 bits per heavy atom. The van der Waals surface area contributed by atoms with Crippen LogP contribution in [0.1, 0.15) is 11.1 Å². The number of ether oxygens (including phenoxy) is 2. The van der Waals surface area contributed by atoms with Gasteiger partial charge >= 0.3 is 0 Å². The third-order valence-electron chi connectivity index (χ3n) is 7.81. The zero-order valence-electron chi connectivity index (χ0n) is 26.1. The van der Waals surface area contributed by atoms with E-state index in [0.29, 0.717) is 18.1 Å². The van der Waals surface area contributed by atoms with Crippen LogP contribution in [-0.2, 0) is 13.2 Å². The Bertz CT molecular complexity index is 1760. The molecule has 9 heteroatoms. The Kier molecular flexibility index (Phi) is 11.6. The highest BCUT2D eigenvalue weighted by Gasteiger charge is 2.47. The van der Waals surface area contributed by atoms with Gasteiger partial charge in [-0.05, 0) is 77.4 Å². The number of benzene rings is 6. The largest absolute Gasteiger partial charge is 0.496 e. The van der Waals surface area contributed by atoms with Crippen LogP contribution in [-0.4, -0.2) is 12.2 Å². The molecule has 0 aliphatic rings. The first-order valence-corrected chi connectivity index (χ1v) is 18.0. The van der Waals surface area contributed by atoms with E-state index in [-0.39, 0.29) is 6.61 Å². The van der Waals surface area contributed by atoms with Gasteiger partial charge < -0.3 is 14.6 Å². The maximum absolute atomic E-state index is 9.46. The molecule has 0 heterocycles. The Morgan fingerprint density at radius 1 is 0.562 bits per heavy atom. The molecule has 7 nitrogen and oxygen atoms in total. The second-order valence-corrected chi connectivity index (χ2v) is 14.9. The van der Waals surface area contributed by atoms with Crippen molar-refractivity contribution in [3.63, 3.8) is 0 Å². The molecule has 0 amide bonds. The summed E-state index contributed by atoms with van der Waals surface area (Å²) >= 11 is 0. The molecule has 0 radical (unpaired) electrons. The number of halogens is 1. The molecule has 1 N–H and O–H groups in total. The molecule has 0 spiro atoms. The van der Waals surface area contributed by atoms with Gasteiger partial charge in [-0.15, -0.1) is 10.2 Å². The minimum atomic E-state index is -4.94. The molecule has 0 fully saturated rings. The summed E-state index contributed by atoms with van der Waals surface area (Å²) in [7, 11) is -5.46. The summed E-state index contributed by atoms with van der Waals surface area (Å²) < 4.78 is 45.3. The van der Waals surface area contributed by atoms with Gasteiger partial charge in [0.25, 0.3) is 0 Å². The smallest absolute Gasteiger partial charge is 0.144 e. The predicted molar refractivity (Wildman–Crippen MR) is 180 cm³/mol. The van der Waals surface area contributed by atoms with Gasteiger partial charge in [0.2, 0.25) is 0 Å². The minimum absolute atomic E-state index is 0.0700. The molecule has 6 rings (SSSR count). The Hall–Kier alpha value is -4.56. The van der Waals surface area contributed by atoms with E-state index in [4.69, 9.17) is 28.1 Å². The first kappa shape index (κ1) is 34.8. The lowest BCUT2D eigenvalue weighted by Crippen LogP contribution is -2.68. The lowest BCUT2D eigenvalue weighted by atomic mass is 10.0. The fourth-order valence-electron chi connectivity index (χ4n) is 5.63. The fourth-order valence-corrected chi connectivity index (χ4v) is 9.88. The number of aliphatic hydroxyl groups is 1. The molecular formula is C39H34ClO7P. The lowest BCUT2D eigenvalue weighted by Gasteiger charge is -2.27. The van der Waals surface area contributed by atoms with Crippen molar-refractivity contribution in [2.24, 2.45) is 0 Å². The molecule has 244 valence electrons. The zero-order chi connectivity index (χ0) is 34.0. The molecule has 6 aromatic carbocycles. The second kappa shape index (κ2) is 16.0. The highest BCUT2D eigenvalue weighted by Crippen LogP contribution is 2.54. The van der Waals surface area contributed by atoms with Crippen molar-refractivity contribution in [3.8, 4) is 22.6 Å². The van der Waals surface area contributed by atoms with E-state index in [2.05, 4.69) is 140 Å². The number of rotatable bonds is 10. The van der Waals surface area contributed by atoms with Crippen molar-refractivity contribution in [2.75, 3.05) is 7.11 Å². The maximum Gasteiger partial charge on any atom is 0.144 e. The highest BCUT2D eigenvalue weighted by atomic mass is 35.7. The van der Waals surface area contributed by atoms with Crippen molar-refractivity contribution in [2.45, 2.75) is 13.2 Å². The van der Waals surface area contributed by atoms with Gasteiger partial charge in [0, 0.05) is 11.6 Å². The zero-order valence-corrected chi connectivity index (χ0v) is 27.8. The highest BCUT2D eigenvalue weighted by molar-refractivity contribution is 8.01. The molecular weight excluding hydrogens is 647 g/mol. The third-order valence-corrected chi connectivity index (χ3v) is 12.1. The summed E-state index contributed by atoms with van der Waals surface area (Å²) in [4.78, 5) is 0. The topological polar surface area (TPSA) is 131 Å². The number of methoxy groups -OCH3 is 1. The molecule has 0 saturated heterocycles. The van der Waals surface area contributed by atoms with Gasteiger partial charge in [-0.25, -0.2) is 18.6 Å². The molecule has 0 bridgehead atoms. The van der Waals surface area contributed by atoms with Crippen molar-refractivity contribution >= 4 is 28.5 Å². The molecule has 48 heavy (non-hydrogen) atoms. The lowest BCUT2D eigenvalue weighted by molar-refractivity contribution is -2.00. The Balaban J connectivity index is 0.000000840. The summed E-state index contributed by atoms with van der Waals surface area (Å²) in [5.74, 6) is 1.33. The molecule has 0 aromatic heterocycles. The fraction of sp³-hybridized carbons (Fsp3) is 0.0769. The van der Waals surface area contributed by atoms with Crippen LogP contribution < -0.4 is 49.3 Å². The number of aliphatic hydroxyl groups excluding tert-OH is 1. The van der Waals surface area contributed by atoms with Crippen LogP contribution in [0.2, 0.25) is 0 Å².